The normalized spacial score (nSPS) is 11.9. The van der Waals surface area contributed by atoms with Gasteiger partial charge in [0.05, 0.1) is 19.6 Å². The molecule has 3 heteroatoms. The van der Waals surface area contributed by atoms with Gasteiger partial charge in [0.25, 0.3) is 0 Å². The first-order chi connectivity index (χ1) is 7.63. The van der Waals surface area contributed by atoms with Gasteiger partial charge in [-0.3, -0.25) is 0 Å². The zero-order valence-corrected chi connectivity index (χ0v) is 10.3. The Hall–Kier alpha value is -1.53. The molecular formula is C13H18N2O. The van der Waals surface area contributed by atoms with E-state index in [0.717, 1.165) is 16.9 Å². The molecule has 1 unspecified atom stereocenters. The summed E-state index contributed by atoms with van der Waals surface area (Å²) in [5.74, 6) is 0.896. The largest absolute Gasteiger partial charge is 0.496 e. The third-order valence-corrected chi connectivity index (χ3v) is 2.80. The molecule has 0 radical (unpaired) electrons. The van der Waals surface area contributed by atoms with Crippen LogP contribution in [0.3, 0.4) is 0 Å². The molecule has 1 rings (SSSR count). The van der Waals surface area contributed by atoms with Crippen molar-refractivity contribution in [2.75, 3.05) is 14.2 Å². The Bertz CT molecular complexity index is 407. The number of hydrogen-bond acceptors (Lipinski definition) is 3. The van der Waals surface area contributed by atoms with Crippen LogP contribution in [0.2, 0.25) is 0 Å². The highest BCUT2D eigenvalue weighted by Crippen LogP contribution is 2.27. The van der Waals surface area contributed by atoms with Crippen molar-refractivity contribution in [1.82, 2.24) is 5.32 Å². The van der Waals surface area contributed by atoms with Crippen LogP contribution in [0.4, 0.5) is 0 Å². The highest BCUT2D eigenvalue weighted by Gasteiger charge is 2.13. The van der Waals surface area contributed by atoms with Gasteiger partial charge in [0.2, 0.25) is 0 Å². The summed E-state index contributed by atoms with van der Waals surface area (Å²) >= 11 is 0. The molecule has 3 nitrogen and oxygen atoms in total. The van der Waals surface area contributed by atoms with Crippen LogP contribution in [-0.2, 0) is 0 Å². The Morgan fingerprint density at radius 1 is 1.38 bits per heavy atom. The molecule has 0 amide bonds. The van der Waals surface area contributed by atoms with Gasteiger partial charge in [0.15, 0.2) is 0 Å². The van der Waals surface area contributed by atoms with E-state index in [-0.39, 0.29) is 6.04 Å². The zero-order chi connectivity index (χ0) is 12.1. The van der Waals surface area contributed by atoms with Crippen molar-refractivity contribution in [3.63, 3.8) is 0 Å². The van der Waals surface area contributed by atoms with Crippen molar-refractivity contribution in [2.24, 2.45) is 0 Å². The summed E-state index contributed by atoms with van der Waals surface area (Å²) in [6.45, 7) is 4.06. The molecule has 0 heterocycles. The van der Waals surface area contributed by atoms with Crippen molar-refractivity contribution in [3.05, 3.63) is 28.8 Å². The molecule has 0 bridgehead atoms. The first kappa shape index (κ1) is 12.5. The van der Waals surface area contributed by atoms with E-state index < -0.39 is 0 Å². The molecule has 0 aromatic heterocycles. The molecule has 1 N–H and O–H groups in total. The molecule has 1 aromatic rings. The number of methoxy groups -OCH3 is 1. The van der Waals surface area contributed by atoms with Gasteiger partial charge in [-0.1, -0.05) is 6.07 Å². The van der Waals surface area contributed by atoms with Crippen LogP contribution in [-0.4, -0.2) is 14.2 Å². The topological polar surface area (TPSA) is 45.0 Å². The zero-order valence-electron chi connectivity index (χ0n) is 10.3. The van der Waals surface area contributed by atoms with E-state index in [0.29, 0.717) is 6.42 Å². The predicted octanol–water partition coefficient (Wildman–Crippen LogP) is 2.49. The smallest absolute Gasteiger partial charge is 0.122 e. The van der Waals surface area contributed by atoms with Gasteiger partial charge < -0.3 is 10.1 Å². The van der Waals surface area contributed by atoms with Crippen LogP contribution in [0.15, 0.2) is 12.1 Å². The number of benzene rings is 1. The fourth-order valence-electron chi connectivity index (χ4n) is 1.87. The van der Waals surface area contributed by atoms with Crippen molar-refractivity contribution in [2.45, 2.75) is 26.3 Å². The maximum Gasteiger partial charge on any atom is 0.122 e. The molecule has 0 aliphatic carbocycles. The molecule has 0 aliphatic heterocycles. The minimum absolute atomic E-state index is 0.0922. The summed E-state index contributed by atoms with van der Waals surface area (Å²) in [5.41, 5.74) is 3.42. The van der Waals surface area contributed by atoms with Crippen LogP contribution in [0.1, 0.15) is 29.2 Å². The Kier molecular flexibility index (Phi) is 4.33. The van der Waals surface area contributed by atoms with Crippen LogP contribution in [0, 0.1) is 25.2 Å². The Morgan fingerprint density at radius 2 is 2.06 bits per heavy atom. The Morgan fingerprint density at radius 3 is 2.56 bits per heavy atom. The number of aryl methyl sites for hydroxylation is 2. The van der Waals surface area contributed by atoms with Crippen LogP contribution in [0.25, 0.3) is 0 Å². The average Bonchev–Trinajstić information content (AvgIpc) is 2.28. The number of nitrogens with zero attached hydrogens (tertiary/aromatic N) is 1. The van der Waals surface area contributed by atoms with Gasteiger partial charge in [-0.25, -0.2) is 0 Å². The van der Waals surface area contributed by atoms with Gasteiger partial charge >= 0.3 is 0 Å². The number of hydrogen-bond donors (Lipinski definition) is 1. The van der Waals surface area contributed by atoms with E-state index in [9.17, 15) is 0 Å². The van der Waals surface area contributed by atoms with Gasteiger partial charge in [0, 0.05) is 6.04 Å². The minimum atomic E-state index is 0.0922. The van der Waals surface area contributed by atoms with Gasteiger partial charge in [-0.05, 0) is 43.7 Å². The Labute approximate surface area is 97.0 Å². The van der Waals surface area contributed by atoms with E-state index in [1.165, 1.54) is 5.56 Å². The number of nitriles is 1. The molecule has 86 valence electrons. The second-order valence-electron chi connectivity index (χ2n) is 3.88. The second kappa shape index (κ2) is 5.53. The SMILES string of the molecule is CNC(CC#N)c1cc(C)c(OC)cc1C. The molecule has 1 atom stereocenters. The fourth-order valence-corrected chi connectivity index (χ4v) is 1.87. The van der Waals surface area contributed by atoms with Crippen molar-refractivity contribution in [1.29, 1.82) is 5.26 Å². The average molecular weight is 218 g/mol. The van der Waals surface area contributed by atoms with Gasteiger partial charge in [-0.2, -0.15) is 5.26 Å². The maximum atomic E-state index is 8.78. The van der Waals surface area contributed by atoms with Gasteiger partial charge in [0.1, 0.15) is 5.75 Å². The standard InChI is InChI=1S/C13H18N2O/c1-9-8-13(16-4)10(2)7-11(9)12(15-3)5-6-14/h7-8,12,15H,5H2,1-4H3. The number of nitrogens with one attached hydrogen (secondary N) is 1. The summed E-state index contributed by atoms with van der Waals surface area (Å²) in [7, 11) is 3.55. The second-order valence-corrected chi connectivity index (χ2v) is 3.88. The van der Waals surface area contributed by atoms with E-state index >= 15 is 0 Å². The molecule has 0 saturated carbocycles. The third-order valence-electron chi connectivity index (χ3n) is 2.80. The summed E-state index contributed by atoms with van der Waals surface area (Å²) in [6, 6.07) is 6.40. The molecule has 0 aliphatic rings. The molecule has 0 fully saturated rings. The number of ether oxygens (including phenoxy) is 1. The lowest BCUT2D eigenvalue weighted by Crippen LogP contribution is -2.17. The number of rotatable bonds is 4. The lowest BCUT2D eigenvalue weighted by atomic mass is 9.96. The summed E-state index contributed by atoms with van der Waals surface area (Å²) < 4.78 is 5.27. The first-order valence-corrected chi connectivity index (χ1v) is 5.33. The maximum absolute atomic E-state index is 8.78. The van der Waals surface area contributed by atoms with Crippen molar-refractivity contribution < 1.29 is 4.74 Å². The van der Waals surface area contributed by atoms with E-state index in [4.69, 9.17) is 10.00 Å². The lowest BCUT2D eigenvalue weighted by Gasteiger charge is -2.18. The Balaban J connectivity index is 3.14. The summed E-state index contributed by atoms with van der Waals surface area (Å²) in [4.78, 5) is 0. The highest BCUT2D eigenvalue weighted by atomic mass is 16.5. The highest BCUT2D eigenvalue weighted by molar-refractivity contribution is 5.43. The molecule has 16 heavy (non-hydrogen) atoms. The third kappa shape index (κ3) is 2.53. The van der Waals surface area contributed by atoms with E-state index in [1.54, 1.807) is 7.11 Å². The first-order valence-electron chi connectivity index (χ1n) is 5.33. The summed E-state index contributed by atoms with van der Waals surface area (Å²) in [6.07, 6.45) is 0.475. The van der Waals surface area contributed by atoms with Crippen LogP contribution in [0.5, 0.6) is 5.75 Å². The van der Waals surface area contributed by atoms with E-state index in [2.05, 4.69) is 17.5 Å². The lowest BCUT2D eigenvalue weighted by molar-refractivity contribution is 0.411. The molecule has 0 spiro atoms. The monoisotopic (exact) mass is 218 g/mol. The minimum Gasteiger partial charge on any atom is -0.496 e. The fraction of sp³-hybridized carbons (Fsp3) is 0.462. The predicted molar refractivity (Wildman–Crippen MR) is 64.5 cm³/mol. The molecule has 0 saturated heterocycles. The molecular weight excluding hydrogens is 200 g/mol. The van der Waals surface area contributed by atoms with Crippen molar-refractivity contribution >= 4 is 0 Å². The molecule has 1 aromatic carbocycles. The van der Waals surface area contributed by atoms with Gasteiger partial charge in [-0.15, -0.1) is 0 Å². The van der Waals surface area contributed by atoms with E-state index in [1.807, 2.05) is 27.0 Å². The van der Waals surface area contributed by atoms with Crippen LogP contribution >= 0.6 is 0 Å². The summed E-state index contributed by atoms with van der Waals surface area (Å²) in [5, 5.41) is 11.9. The van der Waals surface area contributed by atoms with Crippen LogP contribution < -0.4 is 10.1 Å². The quantitative estimate of drug-likeness (QED) is 0.844. The van der Waals surface area contributed by atoms with Crippen molar-refractivity contribution in [3.8, 4) is 11.8 Å².